The summed E-state index contributed by atoms with van der Waals surface area (Å²) >= 11 is 0. The van der Waals surface area contributed by atoms with E-state index in [1.54, 1.807) is 0 Å². The lowest BCUT2D eigenvalue weighted by atomic mass is 10.1. The maximum Gasteiger partial charge on any atom is 0.0755 e. The second-order valence-corrected chi connectivity index (χ2v) is 4.36. The minimum atomic E-state index is 0.379. The Morgan fingerprint density at radius 1 is 1.19 bits per heavy atom. The van der Waals surface area contributed by atoms with Gasteiger partial charge in [0.15, 0.2) is 0 Å². The SMILES string of the molecule is C(=C\[C@H]1CCCCO1)/CCc1ccccc1. The molecule has 1 nitrogen and oxygen atoms in total. The topological polar surface area (TPSA) is 9.23 Å². The van der Waals surface area contributed by atoms with E-state index in [0.29, 0.717) is 6.10 Å². The molecule has 0 unspecified atom stereocenters. The Morgan fingerprint density at radius 2 is 2.06 bits per heavy atom. The van der Waals surface area contributed by atoms with E-state index in [9.17, 15) is 0 Å². The van der Waals surface area contributed by atoms with Gasteiger partial charge in [-0.25, -0.2) is 0 Å². The third kappa shape index (κ3) is 3.82. The Bertz CT molecular complexity index is 309. The molecule has 1 aliphatic rings. The predicted molar refractivity (Wildman–Crippen MR) is 67.5 cm³/mol. The average molecular weight is 216 g/mol. The second-order valence-electron chi connectivity index (χ2n) is 4.36. The van der Waals surface area contributed by atoms with Gasteiger partial charge in [0, 0.05) is 6.61 Å². The predicted octanol–water partition coefficient (Wildman–Crippen LogP) is 3.74. The number of ether oxygens (including phenoxy) is 1. The van der Waals surface area contributed by atoms with Crippen molar-refractivity contribution in [1.29, 1.82) is 0 Å². The molecule has 1 saturated heterocycles. The van der Waals surface area contributed by atoms with Gasteiger partial charge >= 0.3 is 0 Å². The summed E-state index contributed by atoms with van der Waals surface area (Å²) in [6, 6.07) is 10.6. The van der Waals surface area contributed by atoms with Crippen molar-refractivity contribution >= 4 is 0 Å². The summed E-state index contributed by atoms with van der Waals surface area (Å²) in [6.45, 7) is 0.938. The third-order valence-electron chi connectivity index (χ3n) is 3.01. The van der Waals surface area contributed by atoms with Crippen molar-refractivity contribution in [2.24, 2.45) is 0 Å². The fourth-order valence-electron chi connectivity index (χ4n) is 2.06. The van der Waals surface area contributed by atoms with Crippen LogP contribution in [0.15, 0.2) is 42.5 Å². The Labute approximate surface area is 98.1 Å². The molecule has 0 aromatic heterocycles. The van der Waals surface area contributed by atoms with Crippen molar-refractivity contribution in [3.63, 3.8) is 0 Å². The van der Waals surface area contributed by atoms with Gasteiger partial charge in [-0.3, -0.25) is 0 Å². The summed E-state index contributed by atoms with van der Waals surface area (Å²) < 4.78 is 5.64. The van der Waals surface area contributed by atoms with E-state index in [1.807, 2.05) is 0 Å². The Balaban J connectivity index is 1.69. The maximum absolute atomic E-state index is 5.64. The molecule has 86 valence electrons. The number of aryl methyl sites for hydroxylation is 1. The van der Waals surface area contributed by atoms with Gasteiger partial charge in [0.1, 0.15) is 0 Å². The lowest BCUT2D eigenvalue weighted by molar-refractivity contribution is 0.0464. The minimum Gasteiger partial charge on any atom is -0.374 e. The van der Waals surface area contributed by atoms with Gasteiger partial charge in [0.25, 0.3) is 0 Å². The van der Waals surface area contributed by atoms with E-state index in [4.69, 9.17) is 4.74 Å². The highest BCUT2D eigenvalue weighted by molar-refractivity contribution is 5.15. The standard InChI is InChI=1S/C15H20O/c1-2-8-14(9-3-1)10-4-5-11-15-12-6-7-13-16-15/h1-3,5,8-9,11,15H,4,6-7,10,12-13H2/b11-5+/t15-/m0/s1. The van der Waals surface area contributed by atoms with Gasteiger partial charge in [0.05, 0.1) is 6.10 Å². The van der Waals surface area contributed by atoms with E-state index < -0.39 is 0 Å². The Kier molecular flexibility index (Phi) is 4.63. The van der Waals surface area contributed by atoms with Gasteiger partial charge in [-0.2, -0.15) is 0 Å². The summed E-state index contributed by atoms with van der Waals surface area (Å²) in [4.78, 5) is 0. The molecule has 1 aromatic rings. The van der Waals surface area contributed by atoms with Crippen molar-refractivity contribution in [1.82, 2.24) is 0 Å². The summed E-state index contributed by atoms with van der Waals surface area (Å²) in [5, 5.41) is 0. The molecule has 0 bridgehead atoms. The van der Waals surface area contributed by atoms with Gasteiger partial charge in [-0.05, 0) is 37.7 Å². The Morgan fingerprint density at radius 3 is 2.81 bits per heavy atom. The van der Waals surface area contributed by atoms with E-state index in [2.05, 4.69) is 42.5 Å². The quantitative estimate of drug-likeness (QED) is 0.697. The highest BCUT2D eigenvalue weighted by atomic mass is 16.5. The normalized spacial score (nSPS) is 21.4. The molecule has 0 aliphatic carbocycles. The smallest absolute Gasteiger partial charge is 0.0755 e. The number of hydrogen-bond acceptors (Lipinski definition) is 1. The van der Waals surface area contributed by atoms with Crippen LogP contribution >= 0.6 is 0 Å². The molecule has 0 N–H and O–H groups in total. The summed E-state index contributed by atoms with van der Waals surface area (Å²) in [5.41, 5.74) is 1.41. The number of rotatable bonds is 4. The highest BCUT2D eigenvalue weighted by Gasteiger charge is 2.09. The molecular formula is C15H20O. The van der Waals surface area contributed by atoms with Crippen molar-refractivity contribution in [3.8, 4) is 0 Å². The van der Waals surface area contributed by atoms with Crippen LogP contribution in [-0.2, 0) is 11.2 Å². The van der Waals surface area contributed by atoms with Crippen LogP contribution in [0.25, 0.3) is 0 Å². The van der Waals surface area contributed by atoms with E-state index in [1.165, 1.54) is 24.8 Å². The molecule has 1 aliphatic heterocycles. The maximum atomic E-state index is 5.64. The van der Waals surface area contributed by atoms with E-state index in [0.717, 1.165) is 19.4 Å². The van der Waals surface area contributed by atoms with Gasteiger partial charge in [0.2, 0.25) is 0 Å². The molecule has 1 fully saturated rings. The lowest BCUT2D eigenvalue weighted by Crippen LogP contribution is -2.16. The van der Waals surface area contributed by atoms with E-state index in [-0.39, 0.29) is 0 Å². The fraction of sp³-hybridized carbons (Fsp3) is 0.467. The second kappa shape index (κ2) is 6.49. The lowest BCUT2D eigenvalue weighted by Gasteiger charge is -2.19. The molecule has 16 heavy (non-hydrogen) atoms. The first-order valence-corrected chi connectivity index (χ1v) is 6.27. The van der Waals surface area contributed by atoms with Gasteiger partial charge in [-0.1, -0.05) is 42.5 Å². The van der Waals surface area contributed by atoms with Crippen LogP contribution in [-0.4, -0.2) is 12.7 Å². The van der Waals surface area contributed by atoms with Crippen LogP contribution < -0.4 is 0 Å². The van der Waals surface area contributed by atoms with Crippen LogP contribution in [0.4, 0.5) is 0 Å². The van der Waals surface area contributed by atoms with Gasteiger partial charge < -0.3 is 4.74 Å². The van der Waals surface area contributed by atoms with Crippen LogP contribution in [0.3, 0.4) is 0 Å². The van der Waals surface area contributed by atoms with Crippen LogP contribution in [0, 0.1) is 0 Å². The number of benzene rings is 1. The summed E-state index contributed by atoms with van der Waals surface area (Å²) in [5.74, 6) is 0. The minimum absolute atomic E-state index is 0.379. The number of hydrogen-bond donors (Lipinski definition) is 0. The first kappa shape index (κ1) is 11.4. The molecule has 1 aromatic carbocycles. The third-order valence-corrected chi connectivity index (χ3v) is 3.01. The van der Waals surface area contributed by atoms with Crippen molar-refractivity contribution < 1.29 is 4.74 Å². The molecule has 0 radical (unpaired) electrons. The molecule has 1 atom stereocenters. The van der Waals surface area contributed by atoms with E-state index >= 15 is 0 Å². The zero-order valence-corrected chi connectivity index (χ0v) is 9.77. The zero-order valence-electron chi connectivity index (χ0n) is 9.77. The molecule has 0 amide bonds. The van der Waals surface area contributed by atoms with Crippen LogP contribution in [0.5, 0.6) is 0 Å². The first-order chi connectivity index (χ1) is 7.95. The summed E-state index contributed by atoms with van der Waals surface area (Å²) in [7, 11) is 0. The van der Waals surface area contributed by atoms with Gasteiger partial charge in [-0.15, -0.1) is 0 Å². The molecule has 1 heteroatoms. The molecule has 2 rings (SSSR count). The van der Waals surface area contributed by atoms with Crippen molar-refractivity contribution in [2.75, 3.05) is 6.61 Å². The Hall–Kier alpha value is -1.08. The molecule has 0 spiro atoms. The molecule has 0 saturated carbocycles. The molecular weight excluding hydrogens is 196 g/mol. The molecule has 1 heterocycles. The summed E-state index contributed by atoms with van der Waals surface area (Å²) in [6.07, 6.45) is 10.9. The van der Waals surface area contributed by atoms with Crippen LogP contribution in [0.2, 0.25) is 0 Å². The monoisotopic (exact) mass is 216 g/mol. The number of allylic oxidation sites excluding steroid dienone is 1. The average Bonchev–Trinajstić information content (AvgIpc) is 2.37. The zero-order chi connectivity index (χ0) is 11.1. The largest absolute Gasteiger partial charge is 0.374 e. The highest BCUT2D eigenvalue weighted by Crippen LogP contribution is 2.14. The first-order valence-electron chi connectivity index (χ1n) is 6.27. The fourth-order valence-corrected chi connectivity index (χ4v) is 2.06. The van der Waals surface area contributed by atoms with Crippen LogP contribution in [0.1, 0.15) is 31.2 Å². The van der Waals surface area contributed by atoms with Crippen molar-refractivity contribution in [2.45, 2.75) is 38.2 Å². The van der Waals surface area contributed by atoms with Crippen molar-refractivity contribution in [3.05, 3.63) is 48.0 Å².